The van der Waals surface area contributed by atoms with Gasteiger partial charge in [0.25, 0.3) is 0 Å². The fourth-order valence-corrected chi connectivity index (χ4v) is 14.6. The molecule has 0 fully saturated rings. The van der Waals surface area contributed by atoms with Crippen LogP contribution >= 0.6 is 0 Å². The molecule has 1 spiro atoms. The SMILES string of the molecule is C=C1/C=C\C(N(c2ccc3c(c2)C(C)(C)c2ccccc2-3)c2ccccc2-c2ccccc2)=C/Cc2cc(N(c3ccc4c(c3)C(C)(C)c3ccccc3-4)c3ccccc3-c3ccccc3)ccc2C12c1ccccc1-c1ccccc12. The van der Waals surface area contributed by atoms with E-state index in [9.17, 15) is 0 Å². The highest BCUT2D eigenvalue weighted by molar-refractivity contribution is 5.94. The van der Waals surface area contributed by atoms with Gasteiger partial charge < -0.3 is 9.80 Å². The van der Waals surface area contributed by atoms with Gasteiger partial charge in [-0.05, 0) is 156 Å². The van der Waals surface area contributed by atoms with Gasteiger partial charge in [-0.3, -0.25) is 0 Å². The Morgan fingerprint density at radius 1 is 0.317 bits per heavy atom. The van der Waals surface area contributed by atoms with Gasteiger partial charge in [-0.2, -0.15) is 0 Å². The van der Waals surface area contributed by atoms with Gasteiger partial charge in [-0.25, -0.2) is 0 Å². The molecule has 11 aromatic rings. The van der Waals surface area contributed by atoms with E-state index < -0.39 is 5.41 Å². The third-order valence-electron chi connectivity index (χ3n) is 18.5. The zero-order valence-electron chi connectivity index (χ0n) is 46.9. The maximum atomic E-state index is 5.20. The number of nitrogens with zero attached hydrogens (tertiary/aromatic N) is 2. The fourth-order valence-electron chi connectivity index (χ4n) is 14.6. The molecule has 0 radical (unpaired) electrons. The average molecular weight is 1050 g/mol. The van der Waals surface area contributed by atoms with E-state index in [1.165, 1.54) is 83.5 Å². The summed E-state index contributed by atoms with van der Waals surface area (Å²) in [7, 11) is 0. The topological polar surface area (TPSA) is 6.48 Å². The summed E-state index contributed by atoms with van der Waals surface area (Å²) in [6.45, 7) is 14.7. The second kappa shape index (κ2) is 18.9. The molecule has 0 aromatic heterocycles. The molecule has 4 aliphatic carbocycles. The lowest BCUT2D eigenvalue weighted by atomic mass is 9.66. The molecule has 82 heavy (non-hydrogen) atoms. The standard InChI is InChI=1S/C80H62N2/c1-53-40-42-57(81(76-38-22-16-28-61(76)54-24-8-6-9-25-54)59-44-47-67-63-30-12-18-34-70(63)78(2,3)74(67)51-59)43-41-56-50-58(46-49-69(56)80(53)72-36-20-14-32-65(72)66-33-15-21-37-73(66)80)82(77-39-23-17-29-62(77)55-26-10-7-11-27-55)60-45-48-68-64-31-13-19-35-71(64)79(4,5)75(68)52-60/h6-40,42-52H,1,41H2,2-5H3/b42-40-,57-43+. The summed E-state index contributed by atoms with van der Waals surface area (Å²) in [6.07, 6.45) is 7.78. The third kappa shape index (κ3) is 7.41. The first-order valence-corrected chi connectivity index (χ1v) is 28.9. The molecule has 0 N–H and O–H groups in total. The molecule has 0 amide bonds. The average Bonchev–Trinajstić information content (AvgIpc) is 4.28. The normalized spacial score (nSPS) is 16.1. The summed E-state index contributed by atoms with van der Waals surface area (Å²) in [4.78, 5) is 5.03. The first-order chi connectivity index (χ1) is 40.1. The highest BCUT2D eigenvalue weighted by atomic mass is 15.2. The highest BCUT2D eigenvalue weighted by Crippen LogP contribution is 2.59. The molecule has 0 atom stereocenters. The van der Waals surface area contributed by atoms with Crippen molar-refractivity contribution in [3.05, 3.63) is 341 Å². The minimum Gasteiger partial charge on any atom is -0.310 e. The van der Waals surface area contributed by atoms with Crippen molar-refractivity contribution in [1.29, 1.82) is 0 Å². The first kappa shape index (κ1) is 49.3. The first-order valence-electron chi connectivity index (χ1n) is 28.9. The van der Waals surface area contributed by atoms with Gasteiger partial charge in [0.2, 0.25) is 0 Å². The molecule has 0 aliphatic heterocycles. The predicted molar refractivity (Wildman–Crippen MR) is 344 cm³/mol. The van der Waals surface area contributed by atoms with Crippen LogP contribution in [0.3, 0.4) is 0 Å². The summed E-state index contributed by atoms with van der Waals surface area (Å²) >= 11 is 0. The predicted octanol–water partition coefficient (Wildman–Crippen LogP) is 20.8. The molecule has 4 aliphatic rings. The molecule has 0 bridgehead atoms. The van der Waals surface area contributed by atoms with Crippen LogP contribution in [0.25, 0.3) is 55.6 Å². The monoisotopic (exact) mass is 1050 g/mol. The van der Waals surface area contributed by atoms with Crippen molar-refractivity contribution in [3.8, 4) is 55.6 Å². The van der Waals surface area contributed by atoms with Crippen LogP contribution in [0, 0.1) is 0 Å². The summed E-state index contributed by atoms with van der Waals surface area (Å²) in [5.41, 5.74) is 29.2. The van der Waals surface area contributed by atoms with Crippen molar-refractivity contribution in [2.45, 2.75) is 50.4 Å². The van der Waals surface area contributed by atoms with Crippen LogP contribution in [-0.2, 0) is 22.7 Å². The summed E-state index contributed by atoms with van der Waals surface area (Å²) in [5.74, 6) is 0. The largest absolute Gasteiger partial charge is 0.310 e. The Kier molecular flexibility index (Phi) is 11.4. The zero-order valence-corrected chi connectivity index (χ0v) is 46.9. The number of para-hydroxylation sites is 2. The molecule has 0 saturated carbocycles. The molecule has 15 rings (SSSR count). The second-order valence-corrected chi connectivity index (χ2v) is 23.6. The number of allylic oxidation sites excluding steroid dienone is 4. The number of fused-ring (bicyclic) bond motifs is 13. The molecule has 0 unspecified atom stereocenters. The van der Waals surface area contributed by atoms with E-state index in [4.69, 9.17) is 6.58 Å². The summed E-state index contributed by atoms with van der Waals surface area (Å²) < 4.78 is 0. The van der Waals surface area contributed by atoms with E-state index in [-0.39, 0.29) is 10.8 Å². The number of hydrogen-bond donors (Lipinski definition) is 0. The number of hydrogen-bond acceptors (Lipinski definition) is 2. The molecule has 11 aromatic carbocycles. The van der Waals surface area contributed by atoms with Crippen LogP contribution in [0.5, 0.6) is 0 Å². The maximum absolute atomic E-state index is 5.20. The molecular formula is C80H62N2. The second-order valence-electron chi connectivity index (χ2n) is 23.6. The van der Waals surface area contributed by atoms with E-state index in [1.54, 1.807) is 0 Å². The molecule has 2 heteroatoms. The lowest BCUT2D eigenvalue weighted by Crippen LogP contribution is -2.30. The van der Waals surface area contributed by atoms with Crippen molar-refractivity contribution in [2.24, 2.45) is 0 Å². The van der Waals surface area contributed by atoms with Gasteiger partial charge in [-0.15, -0.1) is 0 Å². The molecule has 2 nitrogen and oxygen atoms in total. The highest BCUT2D eigenvalue weighted by Gasteiger charge is 2.48. The van der Waals surface area contributed by atoms with E-state index in [2.05, 4.69) is 317 Å². The summed E-state index contributed by atoms with van der Waals surface area (Å²) in [5, 5.41) is 0. The van der Waals surface area contributed by atoms with Crippen molar-refractivity contribution in [2.75, 3.05) is 9.80 Å². The van der Waals surface area contributed by atoms with Gasteiger partial charge in [0.15, 0.2) is 0 Å². The number of rotatable bonds is 8. The Hall–Kier alpha value is -9.76. The van der Waals surface area contributed by atoms with Gasteiger partial charge in [0.1, 0.15) is 0 Å². The smallest absolute Gasteiger partial charge is 0.0710 e. The van der Waals surface area contributed by atoms with E-state index in [0.29, 0.717) is 6.42 Å². The Morgan fingerprint density at radius 3 is 1.21 bits per heavy atom. The Bertz CT molecular complexity index is 4410. The van der Waals surface area contributed by atoms with E-state index in [0.717, 1.165) is 56.4 Å². The van der Waals surface area contributed by atoms with E-state index >= 15 is 0 Å². The van der Waals surface area contributed by atoms with Crippen LogP contribution < -0.4 is 9.80 Å². The Balaban J connectivity index is 0.984. The zero-order chi connectivity index (χ0) is 55.3. The quantitative estimate of drug-likeness (QED) is 0.150. The Labute approximate surface area is 483 Å². The van der Waals surface area contributed by atoms with Crippen LogP contribution in [0.1, 0.15) is 72.2 Å². The summed E-state index contributed by atoms with van der Waals surface area (Å²) in [6, 6.07) is 97.2. The molecular weight excluding hydrogens is 989 g/mol. The lowest BCUT2D eigenvalue weighted by molar-refractivity contribution is 0.660. The molecule has 0 saturated heterocycles. The molecule has 0 heterocycles. The number of benzene rings is 11. The number of anilines is 5. The van der Waals surface area contributed by atoms with Crippen LogP contribution in [-0.4, -0.2) is 0 Å². The van der Waals surface area contributed by atoms with Crippen LogP contribution in [0.15, 0.2) is 297 Å². The van der Waals surface area contributed by atoms with Crippen molar-refractivity contribution >= 4 is 28.4 Å². The Morgan fingerprint density at radius 2 is 0.695 bits per heavy atom. The maximum Gasteiger partial charge on any atom is 0.0710 e. The van der Waals surface area contributed by atoms with Gasteiger partial charge in [-0.1, -0.05) is 259 Å². The van der Waals surface area contributed by atoms with Crippen LogP contribution in [0.2, 0.25) is 0 Å². The molecule has 392 valence electrons. The van der Waals surface area contributed by atoms with Crippen molar-refractivity contribution in [1.82, 2.24) is 0 Å². The third-order valence-corrected chi connectivity index (χ3v) is 18.5. The van der Waals surface area contributed by atoms with Gasteiger partial charge in [0.05, 0.1) is 16.8 Å². The van der Waals surface area contributed by atoms with Gasteiger partial charge in [0, 0.05) is 44.7 Å². The fraction of sp³-hybridized carbons (Fsp3) is 0.100. The van der Waals surface area contributed by atoms with Crippen molar-refractivity contribution < 1.29 is 0 Å². The van der Waals surface area contributed by atoms with Crippen molar-refractivity contribution in [3.63, 3.8) is 0 Å². The minimum atomic E-state index is -0.701. The van der Waals surface area contributed by atoms with Gasteiger partial charge >= 0.3 is 0 Å². The van der Waals surface area contributed by atoms with Crippen LogP contribution in [0.4, 0.5) is 28.4 Å². The minimum absolute atomic E-state index is 0.190. The lowest BCUT2D eigenvalue weighted by Gasteiger charge is -2.36. The van der Waals surface area contributed by atoms with E-state index in [1.807, 2.05) is 0 Å².